The minimum atomic E-state index is -2.42. The molecule has 0 fully saturated rings. The second-order valence-corrected chi connectivity index (χ2v) is 0.731. The number of hydrogen-bond donors (Lipinski definition) is 0. The molecule has 0 aliphatic carbocycles. The van der Waals surface area contributed by atoms with Crippen LogP contribution in [0.5, 0.6) is 0 Å². The van der Waals surface area contributed by atoms with Gasteiger partial charge in [-0.25, -0.2) is 0 Å². The molecule has 0 bridgehead atoms. The molecule has 0 spiro atoms. The van der Waals surface area contributed by atoms with E-state index in [1.165, 1.54) is 0 Å². The van der Waals surface area contributed by atoms with Gasteiger partial charge in [0.05, 0.1) is 0 Å². The molecule has 0 unspecified atom stereocenters. The average Bonchev–Trinajstić information content (AvgIpc) is 0.918. The van der Waals surface area contributed by atoms with Gasteiger partial charge >= 0.3 is 56.9 Å². The molecule has 0 aromatic rings. The van der Waals surface area contributed by atoms with Crippen molar-refractivity contribution in [3.05, 3.63) is 0 Å². The van der Waals surface area contributed by atoms with Crippen molar-refractivity contribution in [1.29, 1.82) is 0 Å². The van der Waals surface area contributed by atoms with E-state index in [-0.39, 0.29) is 27.3 Å². The van der Waals surface area contributed by atoms with Crippen molar-refractivity contribution in [3.63, 3.8) is 0 Å². The van der Waals surface area contributed by atoms with Crippen LogP contribution in [0.1, 0.15) is 0 Å². The fraction of sp³-hybridized carbons (Fsp3) is 0. The van der Waals surface area contributed by atoms with E-state index in [1.54, 1.807) is 0 Å². The second kappa shape index (κ2) is 8.82. The van der Waals surface area contributed by atoms with Crippen LogP contribution in [-0.4, -0.2) is 51.6 Å². The van der Waals surface area contributed by atoms with Crippen LogP contribution in [0.15, 0.2) is 0 Å². The molecular weight excluding hydrogens is 446 g/mol. The quantitative estimate of drug-likeness (QED) is 0.422. The first-order valence-corrected chi connectivity index (χ1v) is 3.58. The Balaban J connectivity index is 0. The van der Waals surface area contributed by atoms with E-state index in [0.717, 1.165) is 0 Å². The van der Waals surface area contributed by atoms with Gasteiger partial charge in [-0.3, -0.25) is 0 Å². The van der Waals surface area contributed by atoms with E-state index < -0.39 is 24.3 Å². The van der Waals surface area contributed by atoms with E-state index >= 15 is 0 Å². The molecule has 4 heteroatoms. The minimum absolute atomic E-state index is 0. The van der Waals surface area contributed by atoms with Gasteiger partial charge in [0.25, 0.3) is 0 Å². The molecule has 0 aromatic heterocycles. The van der Waals surface area contributed by atoms with Gasteiger partial charge in [-0.1, -0.05) is 0 Å². The fourth-order valence-electron chi connectivity index (χ4n) is 0. The van der Waals surface area contributed by atoms with Gasteiger partial charge in [-0.15, -0.1) is 0 Å². The molecule has 0 aliphatic heterocycles. The van der Waals surface area contributed by atoms with E-state index in [4.69, 9.17) is 5.37 Å². The first-order valence-electron chi connectivity index (χ1n) is 0.408. The second-order valence-electron chi connectivity index (χ2n) is 0.0833. The van der Waals surface area contributed by atoms with Crippen molar-refractivity contribution in [2.75, 3.05) is 0 Å². The predicted octanol–water partition coefficient (Wildman–Crippen LogP) is -1.53. The molecule has 0 aliphatic rings. The van der Waals surface area contributed by atoms with E-state index in [2.05, 4.69) is 0 Å². The van der Waals surface area contributed by atoms with Gasteiger partial charge in [0.1, 0.15) is 0 Å². The first-order chi connectivity index (χ1) is 1.41. The monoisotopic (exact) mass is 450 g/mol. The van der Waals surface area contributed by atoms with Gasteiger partial charge in [0, 0.05) is 0 Å². The maximum absolute atomic E-state index is 8.57. The summed E-state index contributed by atoms with van der Waals surface area (Å²) in [5, 5.41) is 0. The molecule has 0 N–H and O–H groups in total. The molecule has 22 valence electrons. The molecule has 2 nitrogen and oxygen atoms in total. The summed E-state index contributed by atoms with van der Waals surface area (Å²) >= 11 is -2.42. The van der Waals surface area contributed by atoms with Crippen LogP contribution in [0.3, 0.4) is 0 Å². The number of rotatable bonds is 0. The predicted molar refractivity (Wildman–Crippen MR) is 15.7 cm³/mol. The molecule has 0 rings (SSSR count). The number of hydrogen-bond acceptors (Lipinski definition) is 2. The van der Waals surface area contributed by atoms with Crippen molar-refractivity contribution in [3.8, 4) is 0 Å². The van der Waals surface area contributed by atoms with Gasteiger partial charge in [0.2, 0.25) is 0 Å². The zero-order valence-corrected chi connectivity index (χ0v) is 11.4. The Morgan fingerprint density at radius 1 is 1.25 bits per heavy atom. The Morgan fingerprint density at radius 3 is 1.25 bits per heavy atom. The normalized spacial score (nSPS) is 2.00. The van der Waals surface area contributed by atoms with Crippen LogP contribution < -0.4 is 0 Å². The summed E-state index contributed by atoms with van der Waals surface area (Å²) in [5.74, 6) is 0. The zero-order valence-electron chi connectivity index (χ0n) is 2.02. The molecule has 0 atom stereocenters. The van der Waals surface area contributed by atoms with Crippen molar-refractivity contribution in [2.45, 2.75) is 0 Å². The van der Waals surface area contributed by atoms with E-state index in [1.807, 2.05) is 0 Å². The summed E-state index contributed by atoms with van der Waals surface area (Å²) in [6, 6.07) is 0. The Bertz CT molecular complexity index is 25.0. The third kappa shape index (κ3) is 9.87. The van der Waals surface area contributed by atoms with Crippen LogP contribution in [0, 0.1) is 0 Å². The molecule has 0 heterocycles. The average molecular weight is 448 g/mol. The summed E-state index contributed by atoms with van der Waals surface area (Å²) < 4.78 is 17.1. The molecule has 0 amide bonds. The van der Waals surface area contributed by atoms with Crippen molar-refractivity contribution in [2.24, 2.45) is 0 Å². The summed E-state index contributed by atoms with van der Waals surface area (Å²) in [6.07, 6.45) is 0. The van der Waals surface area contributed by atoms with E-state index in [0.29, 0.717) is 0 Å². The Hall–Kier alpha value is 1.44. The topological polar surface area (TPSA) is 34.1 Å². The molecule has 0 saturated heterocycles. The van der Waals surface area contributed by atoms with Gasteiger partial charge in [-0.2, -0.15) is 0 Å². The summed E-state index contributed by atoms with van der Waals surface area (Å²) in [5.41, 5.74) is 0. The van der Waals surface area contributed by atoms with Gasteiger partial charge in [-0.05, 0) is 0 Å². The standard InChI is InChI=1S/2O.2Pb.2H. The summed E-state index contributed by atoms with van der Waals surface area (Å²) in [4.78, 5) is 0. The fourth-order valence-corrected chi connectivity index (χ4v) is 0. The first kappa shape index (κ1) is 9.06. The maximum atomic E-state index is 8.57. The summed E-state index contributed by atoms with van der Waals surface area (Å²) in [7, 11) is 0. The van der Waals surface area contributed by atoms with Crippen LogP contribution in [0.2, 0.25) is 0 Å². The van der Waals surface area contributed by atoms with Gasteiger partial charge < -0.3 is 0 Å². The SMILES string of the molecule is [O]=[Pb]=[O].[PbH2]. The molecule has 0 saturated carbocycles. The Morgan fingerprint density at radius 2 is 1.25 bits per heavy atom. The third-order valence-corrected chi connectivity index (χ3v) is 0. The van der Waals surface area contributed by atoms with Crippen molar-refractivity contribution >= 4 is 51.6 Å². The van der Waals surface area contributed by atoms with Crippen LogP contribution in [0.25, 0.3) is 0 Å². The Kier molecular flexibility index (Phi) is 20.0. The van der Waals surface area contributed by atoms with Crippen LogP contribution >= 0.6 is 0 Å². The third-order valence-electron chi connectivity index (χ3n) is 0. The van der Waals surface area contributed by atoms with Crippen LogP contribution in [-0.2, 0) is 5.37 Å². The Labute approximate surface area is 56.3 Å². The van der Waals surface area contributed by atoms with Crippen molar-refractivity contribution in [1.82, 2.24) is 0 Å². The zero-order chi connectivity index (χ0) is 2.71. The molecular formula is H2O2Pb2. The van der Waals surface area contributed by atoms with Crippen LogP contribution in [0.4, 0.5) is 0 Å². The molecule has 0 aromatic carbocycles. The van der Waals surface area contributed by atoms with Gasteiger partial charge in [0.15, 0.2) is 0 Å². The van der Waals surface area contributed by atoms with Crippen molar-refractivity contribution < 1.29 is 5.37 Å². The van der Waals surface area contributed by atoms with E-state index in [9.17, 15) is 0 Å². The molecule has 2 radical (unpaired) electrons. The molecule has 4 heavy (non-hydrogen) atoms. The summed E-state index contributed by atoms with van der Waals surface area (Å²) in [6.45, 7) is 0.